The SMILES string of the molecule is CCCC(=O)OC1CC23OC(=O)CC2(CC2(O)OCC3(C)C2C)C1C. The second-order valence-corrected chi connectivity index (χ2v) is 8.85. The lowest BCUT2D eigenvalue weighted by molar-refractivity contribution is -0.257. The van der Waals surface area contributed by atoms with Crippen LogP contribution in [0.15, 0.2) is 0 Å². The molecule has 2 bridgehead atoms. The molecule has 0 amide bonds. The van der Waals surface area contributed by atoms with Crippen molar-refractivity contribution < 1.29 is 28.9 Å². The second-order valence-electron chi connectivity index (χ2n) is 8.85. The van der Waals surface area contributed by atoms with Gasteiger partial charge in [0.25, 0.3) is 0 Å². The summed E-state index contributed by atoms with van der Waals surface area (Å²) in [7, 11) is 0. The van der Waals surface area contributed by atoms with Gasteiger partial charge in [0.05, 0.1) is 13.0 Å². The van der Waals surface area contributed by atoms with E-state index in [-0.39, 0.29) is 36.3 Å². The monoisotopic (exact) mass is 352 g/mol. The summed E-state index contributed by atoms with van der Waals surface area (Å²) in [6.07, 6.45) is 1.95. The van der Waals surface area contributed by atoms with Gasteiger partial charge in [-0.1, -0.05) is 27.7 Å². The highest BCUT2D eigenvalue weighted by Crippen LogP contribution is 2.75. The van der Waals surface area contributed by atoms with Gasteiger partial charge >= 0.3 is 11.9 Å². The van der Waals surface area contributed by atoms with E-state index in [0.717, 1.165) is 6.42 Å². The Hall–Kier alpha value is -1.14. The molecule has 0 aromatic carbocycles. The molecule has 2 saturated carbocycles. The zero-order chi connectivity index (χ0) is 18.3. The van der Waals surface area contributed by atoms with Crippen LogP contribution in [-0.2, 0) is 23.8 Å². The molecule has 25 heavy (non-hydrogen) atoms. The summed E-state index contributed by atoms with van der Waals surface area (Å²) in [6.45, 7) is 8.34. The number of rotatable bonds is 3. The Balaban J connectivity index is 1.77. The molecule has 1 N–H and O–H groups in total. The minimum atomic E-state index is -1.25. The molecular formula is C19H28O6. The number of fused-ring (bicyclic) bond motifs is 2. The average molecular weight is 352 g/mol. The fourth-order valence-electron chi connectivity index (χ4n) is 6.33. The fourth-order valence-corrected chi connectivity index (χ4v) is 6.33. The van der Waals surface area contributed by atoms with Crippen LogP contribution in [-0.4, -0.2) is 41.1 Å². The largest absolute Gasteiger partial charge is 0.462 e. The van der Waals surface area contributed by atoms with Gasteiger partial charge in [-0.25, -0.2) is 0 Å². The van der Waals surface area contributed by atoms with E-state index in [1.807, 2.05) is 27.7 Å². The summed E-state index contributed by atoms with van der Waals surface area (Å²) in [5.74, 6) is -1.89. The van der Waals surface area contributed by atoms with Gasteiger partial charge in [-0.15, -0.1) is 0 Å². The predicted octanol–water partition coefficient (Wildman–Crippen LogP) is 2.18. The third-order valence-corrected chi connectivity index (χ3v) is 7.95. The molecule has 2 saturated heterocycles. The van der Waals surface area contributed by atoms with Crippen molar-refractivity contribution in [1.82, 2.24) is 0 Å². The summed E-state index contributed by atoms with van der Waals surface area (Å²) in [5, 5.41) is 11.1. The van der Waals surface area contributed by atoms with Crippen LogP contribution in [0.3, 0.4) is 0 Å². The Morgan fingerprint density at radius 1 is 1.40 bits per heavy atom. The summed E-state index contributed by atoms with van der Waals surface area (Å²) in [6, 6.07) is 0. The van der Waals surface area contributed by atoms with Crippen LogP contribution in [0.1, 0.15) is 59.8 Å². The van der Waals surface area contributed by atoms with E-state index in [1.54, 1.807) is 0 Å². The molecule has 140 valence electrons. The fraction of sp³-hybridized carbons (Fsp3) is 0.895. The minimum Gasteiger partial charge on any atom is -0.462 e. The van der Waals surface area contributed by atoms with Crippen molar-refractivity contribution in [2.45, 2.75) is 77.3 Å². The maximum absolute atomic E-state index is 12.4. The van der Waals surface area contributed by atoms with Crippen LogP contribution >= 0.6 is 0 Å². The average Bonchev–Trinajstić information content (AvgIpc) is 3.00. The van der Waals surface area contributed by atoms with Crippen LogP contribution in [0.4, 0.5) is 0 Å². The highest BCUT2D eigenvalue weighted by Gasteiger charge is 2.84. The van der Waals surface area contributed by atoms with Crippen molar-refractivity contribution in [3.63, 3.8) is 0 Å². The molecular weight excluding hydrogens is 324 g/mol. The van der Waals surface area contributed by atoms with Gasteiger partial charge in [-0.3, -0.25) is 9.59 Å². The van der Waals surface area contributed by atoms with E-state index in [0.29, 0.717) is 25.9 Å². The van der Waals surface area contributed by atoms with E-state index < -0.39 is 22.2 Å². The molecule has 7 atom stereocenters. The molecule has 4 aliphatic rings. The summed E-state index contributed by atoms with van der Waals surface area (Å²) < 4.78 is 17.7. The van der Waals surface area contributed by atoms with E-state index in [2.05, 4.69) is 0 Å². The van der Waals surface area contributed by atoms with Gasteiger partial charge in [0.1, 0.15) is 11.7 Å². The zero-order valence-corrected chi connectivity index (χ0v) is 15.5. The molecule has 7 unspecified atom stereocenters. The summed E-state index contributed by atoms with van der Waals surface area (Å²) >= 11 is 0. The topological polar surface area (TPSA) is 82.1 Å². The third kappa shape index (κ3) is 1.82. The maximum Gasteiger partial charge on any atom is 0.307 e. The molecule has 6 nitrogen and oxygen atoms in total. The van der Waals surface area contributed by atoms with Crippen molar-refractivity contribution in [3.8, 4) is 0 Å². The van der Waals surface area contributed by atoms with Gasteiger partial charge < -0.3 is 19.3 Å². The van der Waals surface area contributed by atoms with E-state index in [1.165, 1.54) is 0 Å². The number of hydrogen-bond acceptors (Lipinski definition) is 6. The molecule has 6 heteroatoms. The molecule has 2 aliphatic carbocycles. The van der Waals surface area contributed by atoms with Gasteiger partial charge in [0.2, 0.25) is 0 Å². The van der Waals surface area contributed by atoms with Gasteiger partial charge in [0.15, 0.2) is 5.79 Å². The highest BCUT2D eigenvalue weighted by atomic mass is 16.6. The number of hydrogen-bond donors (Lipinski definition) is 1. The predicted molar refractivity (Wildman–Crippen MR) is 87.2 cm³/mol. The van der Waals surface area contributed by atoms with Crippen LogP contribution in [0.5, 0.6) is 0 Å². The first-order valence-electron chi connectivity index (χ1n) is 9.42. The van der Waals surface area contributed by atoms with Crippen LogP contribution in [0.25, 0.3) is 0 Å². The number of ether oxygens (including phenoxy) is 3. The van der Waals surface area contributed by atoms with Crippen molar-refractivity contribution in [3.05, 3.63) is 0 Å². The van der Waals surface area contributed by atoms with Crippen LogP contribution in [0, 0.1) is 22.7 Å². The quantitative estimate of drug-likeness (QED) is 0.784. The van der Waals surface area contributed by atoms with Gasteiger partial charge in [-0.05, 0) is 6.42 Å². The molecule has 0 spiro atoms. The molecule has 0 aromatic heterocycles. The molecule has 0 aromatic rings. The summed E-state index contributed by atoms with van der Waals surface area (Å²) in [4.78, 5) is 24.5. The number of carbonyl (C=O) groups is 2. The van der Waals surface area contributed by atoms with E-state index >= 15 is 0 Å². The standard InChI is InChI=1S/C19H28O6/c1-5-6-14(20)24-13-7-19-16(4)10-23-18(22,12(16)3)9-17(19,11(13)2)8-15(21)25-19/h11-13,22H,5-10H2,1-4H3. The van der Waals surface area contributed by atoms with Crippen LogP contribution in [0.2, 0.25) is 0 Å². The smallest absolute Gasteiger partial charge is 0.307 e. The molecule has 2 heterocycles. The number of carbonyl (C=O) groups excluding carboxylic acids is 2. The van der Waals surface area contributed by atoms with Gasteiger partial charge in [0, 0.05) is 41.9 Å². The first-order valence-corrected chi connectivity index (χ1v) is 9.42. The third-order valence-electron chi connectivity index (χ3n) is 7.95. The number of esters is 2. The molecule has 4 fully saturated rings. The number of aliphatic hydroxyl groups is 1. The van der Waals surface area contributed by atoms with E-state index in [9.17, 15) is 14.7 Å². The zero-order valence-electron chi connectivity index (χ0n) is 15.5. The summed E-state index contributed by atoms with van der Waals surface area (Å²) in [5.41, 5.74) is -1.78. The molecule has 0 radical (unpaired) electrons. The van der Waals surface area contributed by atoms with Crippen molar-refractivity contribution in [2.24, 2.45) is 22.7 Å². The van der Waals surface area contributed by atoms with Crippen LogP contribution < -0.4 is 0 Å². The Morgan fingerprint density at radius 2 is 2.12 bits per heavy atom. The Kier molecular flexibility index (Phi) is 3.44. The first-order chi connectivity index (χ1) is 11.6. The maximum atomic E-state index is 12.4. The lowest BCUT2D eigenvalue weighted by Crippen LogP contribution is -2.64. The Bertz CT molecular complexity index is 633. The minimum absolute atomic E-state index is 0.0696. The Morgan fingerprint density at radius 3 is 2.80 bits per heavy atom. The normalized spacial score (nSPS) is 53.3. The lowest BCUT2D eigenvalue weighted by Gasteiger charge is -2.56. The second kappa shape index (κ2) is 4.97. The van der Waals surface area contributed by atoms with Crippen molar-refractivity contribution in [2.75, 3.05) is 6.61 Å². The highest BCUT2D eigenvalue weighted by molar-refractivity contribution is 5.76. The lowest BCUT2D eigenvalue weighted by atomic mass is 9.48. The van der Waals surface area contributed by atoms with Crippen molar-refractivity contribution >= 4 is 11.9 Å². The molecule has 2 aliphatic heterocycles. The van der Waals surface area contributed by atoms with Gasteiger partial charge in [-0.2, -0.15) is 0 Å². The molecule has 4 rings (SSSR count). The first kappa shape index (κ1) is 17.3. The Labute approximate surface area is 148 Å². The van der Waals surface area contributed by atoms with Crippen molar-refractivity contribution in [1.29, 1.82) is 0 Å². The van der Waals surface area contributed by atoms with E-state index in [4.69, 9.17) is 14.2 Å².